The van der Waals surface area contributed by atoms with Crippen molar-refractivity contribution in [3.63, 3.8) is 0 Å². The molecule has 7 heteroatoms. The van der Waals surface area contributed by atoms with Crippen LogP contribution < -0.4 is 15.4 Å². The van der Waals surface area contributed by atoms with Gasteiger partial charge in [-0.05, 0) is 55.5 Å². The third-order valence-electron chi connectivity index (χ3n) is 6.15. The molecule has 172 valence electrons. The average molecular weight is 448 g/mol. The molecule has 33 heavy (non-hydrogen) atoms. The normalized spacial score (nSPS) is 19.7. The van der Waals surface area contributed by atoms with Gasteiger partial charge in [0.15, 0.2) is 17.3 Å². The predicted molar refractivity (Wildman–Crippen MR) is 126 cm³/mol. The molecule has 1 aromatic heterocycles. The fourth-order valence-corrected chi connectivity index (χ4v) is 4.74. The fraction of sp³-hybridized carbons (Fsp3) is 0.346. The number of ether oxygens (including phenoxy) is 1. The number of carbonyl (C=O) groups excluding carboxylic acids is 2. The Morgan fingerprint density at radius 2 is 1.97 bits per heavy atom. The summed E-state index contributed by atoms with van der Waals surface area (Å²) in [4.78, 5) is 31.3. The van der Waals surface area contributed by atoms with Crippen LogP contribution in [0.2, 0.25) is 0 Å². The Morgan fingerprint density at radius 3 is 2.67 bits per heavy atom. The van der Waals surface area contributed by atoms with E-state index < -0.39 is 5.92 Å². The summed E-state index contributed by atoms with van der Waals surface area (Å²) in [6.45, 7) is 7.84. The lowest BCUT2D eigenvalue weighted by molar-refractivity contribution is -0.118. The fourth-order valence-electron chi connectivity index (χ4n) is 4.74. The van der Waals surface area contributed by atoms with E-state index in [2.05, 4.69) is 29.5 Å². The van der Waals surface area contributed by atoms with Gasteiger partial charge in [0.2, 0.25) is 0 Å². The van der Waals surface area contributed by atoms with E-state index in [1.54, 1.807) is 18.2 Å². The number of aromatic nitrogens is 1. The summed E-state index contributed by atoms with van der Waals surface area (Å²) < 4.78 is 5.31. The minimum absolute atomic E-state index is 0.00356. The molecule has 1 amide bonds. The van der Waals surface area contributed by atoms with Gasteiger partial charge in [0.05, 0.1) is 7.11 Å². The van der Waals surface area contributed by atoms with E-state index in [0.29, 0.717) is 41.1 Å². The maximum atomic E-state index is 13.5. The molecule has 1 unspecified atom stereocenters. The highest BCUT2D eigenvalue weighted by atomic mass is 16.5. The van der Waals surface area contributed by atoms with Crippen molar-refractivity contribution in [2.45, 2.75) is 46.5 Å². The quantitative estimate of drug-likeness (QED) is 0.644. The van der Waals surface area contributed by atoms with E-state index >= 15 is 0 Å². The van der Waals surface area contributed by atoms with Crippen molar-refractivity contribution in [2.24, 2.45) is 5.41 Å². The third-order valence-corrected chi connectivity index (χ3v) is 6.15. The maximum absolute atomic E-state index is 13.5. The van der Waals surface area contributed by atoms with Gasteiger partial charge in [0.1, 0.15) is 5.82 Å². The topological polar surface area (TPSA) is 101 Å². The molecule has 1 aliphatic heterocycles. The van der Waals surface area contributed by atoms with Crippen LogP contribution in [0.15, 0.2) is 58.9 Å². The third kappa shape index (κ3) is 4.35. The van der Waals surface area contributed by atoms with Crippen molar-refractivity contribution < 1.29 is 19.4 Å². The zero-order valence-electron chi connectivity index (χ0n) is 19.6. The summed E-state index contributed by atoms with van der Waals surface area (Å²) in [5.41, 5.74) is 3.87. The summed E-state index contributed by atoms with van der Waals surface area (Å²) >= 11 is 0. The molecule has 2 aliphatic rings. The number of ketones is 1. The van der Waals surface area contributed by atoms with Crippen molar-refractivity contribution in [1.82, 2.24) is 10.3 Å². The highest BCUT2D eigenvalue weighted by molar-refractivity contribution is 6.09. The number of amides is 1. The second-order valence-electron chi connectivity index (χ2n) is 9.48. The molecule has 0 fully saturated rings. The Bertz CT molecular complexity index is 1210. The zero-order valence-corrected chi connectivity index (χ0v) is 19.6. The summed E-state index contributed by atoms with van der Waals surface area (Å²) in [7, 11) is 1.47. The van der Waals surface area contributed by atoms with Crippen LogP contribution in [0.25, 0.3) is 0 Å². The zero-order chi connectivity index (χ0) is 23.9. The number of aryl methyl sites for hydroxylation is 1. The number of rotatable bonds is 4. The molecule has 3 N–H and O–H groups in total. The van der Waals surface area contributed by atoms with Crippen LogP contribution in [-0.4, -0.2) is 28.9 Å². The molecule has 1 aliphatic carbocycles. The first kappa shape index (κ1) is 22.6. The molecular formula is C26H29N3O4. The van der Waals surface area contributed by atoms with Crippen LogP contribution in [0.4, 0.5) is 5.82 Å². The monoisotopic (exact) mass is 447 g/mol. The smallest absolute Gasteiger partial charge is 0.255 e. The number of phenols is 1. The second-order valence-corrected chi connectivity index (χ2v) is 9.48. The number of dihydropyridines is 1. The van der Waals surface area contributed by atoms with Crippen molar-refractivity contribution in [1.29, 1.82) is 0 Å². The van der Waals surface area contributed by atoms with Crippen molar-refractivity contribution in [3.8, 4) is 11.5 Å². The standard InChI is InChI=1S/C26H29N3O4/c1-14-7-6-8-21(27-14)29-25(32)22-15(2)28-17-12-26(3,4)13-19(31)24(17)23(22)16-9-10-18(30)20(11-16)33-5/h6-11,23,28,30H,12-13H2,1-5H3,(H,27,29,32). The first-order valence-electron chi connectivity index (χ1n) is 11.0. The van der Waals surface area contributed by atoms with E-state index in [4.69, 9.17) is 4.74 Å². The minimum atomic E-state index is -0.593. The molecule has 0 radical (unpaired) electrons. The number of nitrogens with zero attached hydrogens (tertiary/aromatic N) is 1. The average Bonchev–Trinajstić information content (AvgIpc) is 2.72. The first-order chi connectivity index (χ1) is 15.6. The molecule has 1 atom stereocenters. The Hall–Kier alpha value is -3.61. The molecule has 2 heterocycles. The SMILES string of the molecule is COc1cc(C2C(C(=O)Nc3cccc(C)n3)=C(C)NC3=C2C(=O)CC(C)(C)C3)ccc1O. The van der Waals surface area contributed by atoms with Gasteiger partial charge in [-0.15, -0.1) is 0 Å². The number of pyridine rings is 1. The number of anilines is 1. The number of benzene rings is 1. The summed E-state index contributed by atoms with van der Waals surface area (Å²) in [6, 6.07) is 10.4. The Balaban J connectivity index is 1.84. The van der Waals surface area contributed by atoms with E-state index in [1.807, 2.05) is 26.0 Å². The summed E-state index contributed by atoms with van der Waals surface area (Å²) in [5.74, 6) is -0.190. The largest absolute Gasteiger partial charge is 0.504 e. The van der Waals surface area contributed by atoms with Gasteiger partial charge in [0.25, 0.3) is 5.91 Å². The number of carbonyl (C=O) groups is 2. The number of hydrogen-bond donors (Lipinski definition) is 3. The lowest BCUT2D eigenvalue weighted by atomic mass is 9.68. The number of hydrogen-bond acceptors (Lipinski definition) is 6. The number of nitrogens with one attached hydrogen (secondary N) is 2. The summed E-state index contributed by atoms with van der Waals surface area (Å²) in [6.07, 6.45) is 1.10. The van der Waals surface area contributed by atoms with Gasteiger partial charge in [-0.3, -0.25) is 9.59 Å². The van der Waals surface area contributed by atoms with Crippen LogP contribution in [0.5, 0.6) is 11.5 Å². The lowest BCUT2D eigenvalue weighted by Crippen LogP contribution is -2.39. The van der Waals surface area contributed by atoms with Gasteiger partial charge in [-0.1, -0.05) is 26.0 Å². The van der Waals surface area contributed by atoms with Crippen LogP contribution in [-0.2, 0) is 9.59 Å². The van der Waals surface area contributed by atoms with Gasteiger partial charge < -0.3 is 20.5 Å². The van der Waals surface area contributed by atoms with Crippen molar-refractivity contribution in [3.05, 3.63) is 70.2 Å². The molecule has 2 aromatic rings. The van der Waals surface area contributed by atoms with Crippen molar-refractivity contribution in [2.75, 3.05) is 12.4 Å². The van der Waals surface area contributed by atoms with E-state index in [9.17, 15) is 14.7 Å². The minimum Gasteiger partial charge on any atom is -0.504 e. The molecule has 0 bridgehead atoms. The van der Waals surface area contributed by atoms with E-state index in [-0.39, 0.29) is 28.6 Å². The molecular weight excluding hydrogens is 418 g/mol. The van der Waals surface area contributed by atoms with Crippen LogP contribution in [0.3, 0.4) is 0 Å². The second kappa shape index (κ2) is 8.39. The number of aromatic hydroxyl groups is 1. The maximum Gasteiger partial charge on any atom is 0.255 e. The molecule has 0 saturated carbocycles. The number of methoxy groups -OCH3 is 1. The Labute approximate surface area is 193 Å². The number of Topliss-reactive ketones (excluding diaryl/α,β-unsaturated/α-hetero) is 1. The van der Waals surface area contributed by atoms with Gasteiger partial charge in [0, 0.05) is 40.6 Å². The van der Waals surface area contributed by atoms with Gasteiger partial charge >= 0.3 is 0 Å². The van der Waals surface area contributed by atoms with Gasteiger partial charge in [-0.2, -0.15) is 0 Å². The van der Waals surface area contributed by atoms with E-state index in [1.165, 1.54) is 13.2 Å². The Morgan fingerprint density at radius 1 is 1.21 bits per heavy atom. The van der Waals surface area contributed by atoms with Gasteiger partial charge in [-0.25, -0.2) is 4.98 Å². The lowest BCUT2D eigenvalue weighted by Gasteiger charge is -2.39. The molecule has 4 rings (SSSR count). The Kier molecular flexibility index (Phi) is 5.74. The number of allylic oxidation sites excluding steroid dienone is 3. The summed E-state index contributed by atoms with van der Waals surface area (Å²) in [5, 5.41) is 16.4. The molecule has 1 aromatic carbocycles. The molecule has 0 spiro atoms. The first-order valence-corrected chi connectivity index (χ1v) is 11.0. The number of phenolic OH excluding ortho intramolecular Hbond substituents is 1. The highest BCUT2D eigenvalue weighted by Crippen LogP contribution is 2.47. The van der Waals surface area contributed by atoms with Crippen LogP contribution in [0.1, 0.15) is 50.8 Å². The van der Waals surface area contributed by atoms with Crippen LogP contribution in [0, 0.1) is 12.3 Å². The predicted octanol–water partition coefficient (Wildman–Crippen LogP) is 4.35. The highest BCUT2D eigenvalue weighted by Gasteiger charge is 2.42. The molecule has 0 saturated heterocycles. The van der Waals surface area contributed by atoms with Crippen LogP contribution >= 0.6 is 0 Å². The molecule has 7 nitrogen and oxygen atoms in total. The van der Waals surface area contributed by atoms with Crippen molar-refractivity contribution >= 4 is 17.5 Å². The van der Waals surface area contributed by atoms with E-state index in [0.717, 1.165) is 11.4 Å².